The van der Waals surface area contributed by atoms with Crippen molar-refractivity contribution in [1.82, 2.24) is 4.90 Å². The molecular weight excluding hydrogens is 184 g/mol. The number of hydrogen-bond donors (Lipinski definition) is 0. The normalized spacial score (nSPS) is 26.3. The smallest absolute Gasteiger partial charge is 0.244 e. The third kappa shape index (κ3) is 1.54. The van der Waals surface area contributed by atoms with E-state index in [-0.39, 0.29) is 0 Å². The van der Waals surface area contributed by atoms with Crippen LogP contribution < -0.4 is 0 Å². The summed E-state index contributed by atoms with van der Waals surface area (Å²) in [5.74, 6) is 1.34. The van der Waals surface area contributed by atoms with Crippen LogP contribution in [0.1, 0.15) is 25.5 Å². The van der Waals surface area contributed by atoms with Crippen LogP contribution in [0.15, 0.2) is 30.3 Å². The summed E-state index contributed by atoms with van der Waals surface area (Å²) < 4.78 is 2.36. The van der Waals surface area contributed by atoms with Crippen molar-refractivity contribution in [2.75, 3.05) is 14.1 Å². The number of rotatable bonds is 1. The highest BCUT2D eigenvalue weighted by molar-refractivity contribution is 5.76. The maximum Gasteiger partial charge on any atom is 0.244 e. The Labute approximate surface area is 91.8 Å². The molecule has 0 N–H and O–H groups in total. The zero-order chi connectivity index (χ0) is 11.0. The highest BCUT2D eigenvalue weighted by atomic mass is 15.3. The monoisotopic (exact) mass is 203 g/mol. The first-order valence-corrected chi connectivity index (χ1v) is 5.47. The SMILES string of the molecule is CC1=[N+](C)[C@H](c2ccccc2)[C@H](C)N1C. The molecule has 1 aromatic rings. The Morgan fingerprint density at radius 1 is 1.20 bits per heavy atom. The number of amidine groups is 1. The van der Waals surface area contributed by atoms with E-state index < -0.39 is 0 Å². The van der Waals surface area contributed by atoms with E-state index in [0.29, 0.717) is 12.1 Å². The Hall–Kier alpha value is -1.31. The van der Waals surface area contributed by atoms with Crippen LogP contribution in [0.4, 0.5) is 0 Å². The van der Waals surface area contributed by atoms with Gasteiger partial charge in [0.05, 0.1) is 14.1 Å². The van der Waals surface area contributed by atoms with E-state index in [2.05, 4.69) is 67.8 Å². The lowest BCUT2D eigenvalue weighted by atomic mass is 10.0. The zero-order valence-electron chi connectivity index (χ0n) is 9.94. The van der Waals surface area contributed by atoms with E-state index in [1.165, 1.54) is 11.4 Å². The molecule has 0 amide bonds. The third-order valence-corrected chi connectivity index (χ3v) is 3.65. The first-order chi connectivity index (χ1) is 7.13. The minimum Gasteiger partial charge on any atom is -0.262 e. The van der Waals surface area contributed by atoms with Gasteiger partial charge in [0.2, 0.25) is 5.84 Å². The molecule has 0 fully saturated rings. The van der Waals surface area contributed by atoms with Crippen LogP contribution in [-0.4, -0.2) is 35.4 Å². The number of nitrogens with zero attached hydrogens (tertiary/aromatic N) is 2. The van der Waals surface area contributed by atoms with Crippen LogP contribution in [0.3, 0.4) is 0 Å². The molecule has 0 saturated carbocycles. The maximum atomic E-state index is 2.36. The zero-order valence-corrected chi connectivity index (χ0v) is 9.94. The second-order valence-corrected chi connectivity index (χ2v) is 4.37. The Morgan fingerprint density at radius 3 is 2.27 bits per heavy atom. The summed E-state index contributed by atoms with van der Waals surface area (Å²) in [7, 11) is 4.34. The third-order valence-electron chi connectivity index (χ3n) is 3.65. The van der Waals surface area contributed by atoms with Crippen molar-refractivity contribution < 1.29 is 4.58 Å². The number of likely N-dealkylation sites (N-methyl/N-ethyl adjacent to an activating group) is 2. The lowest BCUT2D eigenvalue weighted by Crippen LogP contribution is -2.29. The van der Waals surface area contributed by atoms with E-state index in [1.807, 2.05) is 0 Å². The lowest BCUT2D eigenvalue weighted by Gasteiger charge is -2.16. The first-order valence-electron chi connectivity index (χ1n) is 5.47. The molecule has 0 bridgehead atoms. The van der Waals surface area contributed by atoms with Crippen molar-refractivity contribution in [2.24, 2.45) is 0 Å². The number of benzene rings is 1. The summed E-state index contributed by atoms with van der Waals surface area (Å²) in [6.45, 7) is 4.46. The minimum absolute atomic E-state index is 0.483. The standard InChI is InChI=1S/C13H19N2/c1-10-13(12-8-6-5-7-9-12)15(4)11(2)14(10)3/h5-10,13H,1-4H3/q+1/t10-,13-/m0/s1. The van der Waals surface area contributed by atoms with Gasteiger partial charge >= 0.3 is 0 Å². The maximum absolute atomic E-state index is 2.36. The van der Waals surface area contributed by atoms with E-state index in [9.17, 15) is 0 Å². The van der Waals surface area contributed by atoms with Gasteiger partial charge in [0.1, 0.15) is 6.04 Å². The van der Waals surface area contributed by atoms with Crippen LogP contribution in [-0.2, 0) is 0 Å². The summed E-state index contributed by atoms with van der Waals surface area (Å²) in [5.41, 5.74) is 1.40. The molecule has 0 aromatic heterocycles. The fraction of sp³-hybridized carbons (Fsp3) is 0.462. The van der Waals surface area contributed by atoms with E-state index in [4.69, 9.17) is 0 Å². The van der Waals surface area contributed by atoms with Crippen LogP contribution >= 0.6 is 0 Å². The molecule has 0 spiro atoms. The molecule has 0 saturated heterocycles. The Bertz CT molecular complexity index is 381. The van der Waals surface area contributed by atoms with Gasteiger partial charge in [-0.1, -0.05) is 30.3 Å². The van der Waals surface area contributed by atoms with Gasteiger partial charge in [-0.25, -0.2) is 0 Å². The van der Waals surface area contributed by atoms with Gasteiger partial charge in [0.15, 0.2) is 6.04 Å². The molecular formula is C13H19N2+. The second kappa shape index (κ2) is 3.69. The molecule has 2 atom stereocenters. The Morgan fingerprint density at radius 2 is 1.80 bits per heavy atom. The van der Waals surface area contributed by atoms with Crippen molar-refractivity contribution >= 4 is 5.84 Å². The fourth-order valence-corrected chi connectivity index (χ4v) is 2.43. The second-order valence-electron chi connectivity index (χ2n) is 4.37. The molecule has 15 heavy (non-hydrogen) atoms. The van der Waals surface area contributed by atoms with Crippen molar-refractivity contribution in [1.29, 1.82) is 0 Å². The minimum atomic E-state index is 0.483. The van der Waals surface area contributed by atoms with Gasteiger partial charge in [-0.05, 0) is 6.92 Å². The van der Waals surface area contributed by atoms with Gasteiger partial charge in [-0.2, -0.15) is 0 Å². The molecule has 1 heterocycles. The van der Waals surface area contributed by atoms with Crippen molar-refractivity contribution in [3.05, 3.63) is 35.9 Å². The van der Waals surface area contributed by atoms with Crippen molar-refractivity contribution in [2.45, 2.75) is 25.9 Å². The fourth-order valence-electron chi connectivity index (χ4n) is 2.43. The van der Waals surface area contributed by atoms with Gasteiger partial charge in [-0.3, -0.25) is 9.48 Å². The van der Waals surface area contributed by atoms with Gasteiger partial charge in [0, 0.05) is 12.5 Å². The summed E-state index contributed by atoms with van der Waals surface area (Å²) >= 11 is 0. The molecule has 1 aromatic carbocycles. The largest absolute Gasteiger partial charge is 0.262 e. The molecule has 0 unspecified atom stereocenters. The first kappa shape index (κ1) is 10.2. The van der Waals surface area contributed by atoms with E-state index in [0.717, 1.165) is 0 Å². The molecule has 1 aliphatic rings. The van der Waals surface area contributed by atoms with Gasteiger partial charge < -0.3 is 0 Å². The van der Waals surface area contributed by atoms with Crippen LogP contribution in [0, 0.1) is 0 Å². The summed E-state index contributed by atoms with van der Waals surface area (Å²) in [6, 6.07) is 11.7. The summed E-state index contributed by atoms with van der Waals surface area (Å²) in [5, 5.41) is 0. The number of hydrogen-bond acceptors (Lipinski definition) is 1. The van der Waals surface area contributed by atoms with Crippen molar-refractivity contribution in [3.63, 3.8) is 0 Å². The van der Waals surface area contributed by atoms with Crippen molar-refractivity contribution in [3.8, 4) is 0 Å². The van der Waals surface area contributed by atoms with E-state index in [1.54, 1.807) is 0 Å². The van der Waals surface area contributed by atoms with Gasteiger partial charge in [-0.15, -0.1) is 0 Å². The topological polar surface area (TPSA) is 6.25 Å². The van der Waals surface area contributed by atoms with Crippen LogP contribution in [0.5, 0.6) is 0 Å². The average molecular weight is 203 g/mol. The predicted octanol–water partition coefficient (Wildman–Crippen LogP) is 2.12. The Balaban J connectivity index is 2.40. The lowest BCUT2D eigenvalue weighted by molar-refractivity contribution is -0.537. The summed E-state index contributed by atoms with van der Waals surface area (Å²) in [4.78, 5) is 2.34. The highest BCUT2D eigenvalue weighted by Gasteiger charge is 2.39. The molecule has 2 heteroatoms. The molecule has 0 aliphatic carbocycles. The molecule has 80 valence electrons. The van der Waals surface area contributed by atoms with Crippen LogP contribution in [0.25, 0.3) is 0 Å². The Kier molecular flexibility index (Phi) is 2.51. The average Bonchev–Trinajstić information content (AvgIpc) is 2.45. The predicted molar refractivity (Wildman–Crippen MR) is 63.3 cm³/mol. The summed E-state index contributed by atoms with van der Waals surface area (Å²) in [6.07, 6.45) is 0. The van der Waals surface area contributed by atoms with E-state index >= 15 is 0 Å². The molecule has 2 rings (SSSR count). The van der Waals surface area contributed by atoms with Gasteiger partial charge in [0.25, 0.3) is 0 Å². The molecule has 0 radical (unpaired) electrons. The molecule has 2 nitrogen and oxygen atoms in total. The quantitative estimate of drug-likeness (QED) is 0.634. The molecule has 1 aliphatic heterocycles. The van der Waals surface area contributed by atoms with Crippen LogP contribution in [0.2, 0.25) is 0 Å². The highest BCUT2D eigenvalue weighted by Crippen LogP contribution is 2.28.